The maximum Gasteiger partial charge on any atom is 0.133 e. The minimum Gasteiger partial charge on any atom is -0.360 e. The molecule has 0 amide bonds. The summed E-state index contributed by atoms with van der Waals surface area (Å²) >= 11 is 0. The molecule has 0 bridgehead atoms. The van der Waals surface area contributed by atoms with Crippen molar-refractivity contribution in [3.8, 4) is 0 Å². The van der Waals surface area contributed by atoms with Crippen LogP contribution in [0.5, 0.6) is 0 Å². The van der Waals surface area contributed by atoms with E-state index in [9.17, 15) is 0 Å². The van der Waals surface area contributed by atoms with Crippen molar-refractivity contribution in [2.45, 2.75) is 37.4 Å². The molecule has 1 aliphatic carbocycles. The van der Waals surface area contributed by atoms with Gasteiger partial charge in [-0.2, -0.15) is 15.0 Å². The zero-order valence-electron chi connectivity index (χ0n) is 10.3. The Morgan fingerprint density at radius 1 is 0.947 bits per heavy atom. The average Bonchev–Trinajstić information content (AvgIpc) is 3.34. The van der Waals surface area contributed by atoms with Gasteiger partial charge in [-0.25, -0.2) is 0 Å². The van der Waals surface area contributed by atoms with Crippen molar-refractivity contribution >= 4 is 0 Å². The summed E-state index contributed by atoms with van der Waals surface area (Å²) in [7, 11) is 0. The van der Waals surface area contributed by atoms with Gasteiger partial charge in [-0.05, 0) is 12.0 Å². The highest BCUT2D eigenvalue weighted by Gasteiger charge is 2.66. The molecule has 0 spiro atoms. The summed E-state index contributed by atoms with van der Waals surface area (Å²) in [5.41, 5.74) is 3.30. The van der Waals surface area contributed by atoms with Crippen LogP contribution in [-0.4, -0.2) is 27.2 Å². The number of hydrogen-bond donors (Lipinski definition) is 0. The van der Waals surface area contributed by atoms with Crippen molar-refractivity contribution < 1.29 is 9.47 Å². The molecule has 5 rings (SSSR count). The van der Waals surface area contributed by atoms with Crippen LogP contribution in [0.25, 0.3) is 0 Å². The molecule has 0 N–H and O–H groups in total. The fourth-order valence-electron chi connectivity index (χ4n) is 2.94. The van der Waals surface area contributed by atoms with Gasteiger partial charge in [-0.1, -0.05) is 30.3 Å². The van der Waals surface area contributed by atoms with Gasteiger partial charge in [-0.3, -0.25) is 0 Å². The molecule has 3 heterocycles. The van der Waals surface area contributed by atoms with Crippen LogP contribution < -0.4 is 0 Å². The maximum absolute atomic E-state index is 5.59. The fourth-order valence-corrected chi connectivity index (χ4v) is 2.94. The predicted octanol–water partition coefficient (Wildman–Crippen LogP) is 1.41. The minimum atomic E-state index is 0.143. The van der Waals surface area contributed by atoms with Crippen molar-refractivity contribution in [2.75, 3.05) is 0 Å². The monoisotopic (exact) mass is 255 g/mol. The van der Waals surface area contributed by atoms with Crippen LogP contribution in [0.15, 0.2) is 30.3 Å². The van der Waals surface area contributed by atoms with E-state index in [2.05, 4.69) is 34.5 Å². The van der Waals surface area contributed by atoms with Crippen LogP contribution in [-0.2, 0) is 22.4 Å². The number of nitrogens with zero attached hydrogens (tertiary/aromatic N) is 3. The lowest BCUT2D eigenvalue weighted by Crippen LogP contribution is -2.07. The second-order valence-electron chi connectivity index (χ2n) is 5.34. The normalized spacial score (nSPS) is 33.3. The predicted molar refractivity (Wildman–Crippen MR) is 65.4 cm³/mol. The first-order valence-electron chi connectivity index (χ1n) is 6.70. The summed E-state index contributed by atoms with van der Waals surface area (Å²) in [5, 5.41) is 9.13. The number of aromatic nitrogens is 3. The van der Waals surface area contributed by atoms with Crippen LogP contribution in [0.4, 0.5) is 0 Å². The first-order valence-corrected chi connectivity index (χ1v) is 6.70. The lowest BCUT2D eigenvalue weighted by molar-refractivity contribution is 0.303. The molecule has 0 radical (unpaired) electrons. The Bertz CT molecular complexity index is 606. The van der Waals surface area contributed by atoms with Crippen molar-refractivity contribution in [1.82, 2.24) is 15.0 Å². The van der Waals surface area contributed by atoms with Crippen LogP contribution in [0, 0.1) is 0 Å². The van der Waals surface area contributed by atoms with Gasteiger partial charge in [0, 0.05) is 0 Å². The van der Waals surface area contributed by atoms with E-state index in [0.717, 1.165) is 24.4 Å². The number of ether oxygens (including phenoxy) is 2. The first-order chi connectivity index (χ1) is 9.40. The van der Waals surface area contributed by atoms with Gasteiger partial charge < -0.3 is 9.47 Å². The molecule has 96 valence electrons. The second-order valence-corrected chi connectivity index (χ2v) is 5.34. The summed E-state index contributed by atoms with van der Waals surface area (Å²) < 4.78 is 11.2. The first kappa shape index (κ1) is 10.1. The Morgan fingerprint density at radius 3 is 2.21 bits per heavy atom. The third-order valence-electron chi connectivity index (χ3n) is 4.07. The van der Waals surface area contributed by atoms with Gasteiger partial charge in [-0.15, -0.1) is 0 Å². The smallest absolute Gasteiger partial charge is 0.133 e. The number of epoxide rings is 2. The van der Waals surface area contributed by atoms with Gasteiger partial charge in [0.15, 0.2) is 0 Å². The Kier molecular flexibility index (Phi) is 1.83. The number of fused-ring (bicyclic) bond motifs is 6. The van der Waals surface area contributed by atoms with Crippen LogP contribution in [0.3, 0.4) is 0 Å². The summed E-state index contributed by atoms with van der Waals surface area (Å²) in [6, 6.07) is 10.4. The average molecular weight is 255 g/mol. The quantitative estimate of drug-likeness (QED) is 0.778. The molecule has 2 aromatic rings. The molecule has 0 saturated carbocycles. The number of hydrogen-bond acceptors (Lipinski definition) is 4. The highest BCUT2D eigenvalue weighted by Crippen LogP contribution is 2.59. The fraction of sp³-hybridized carbons (Fsp3) is 0.429. The third kappa shape index (κ3) is 1.49. The highest BCUT2D eigenvalue weighted by molar-refractivity contribution is 5.32. The molecule has 5 heteroatoms. The van der Waals surface area contributed by atoms with Gasteiger partial charge in [0.2, 0.25) is 0 Å². The second kappa shape index (κ2) is 3.43. The van der Waals surface area contributed by atoms with E-state index >= 15 is 0 Å². The summed E-state index contributed by atoms with van der Waals surface area (Å²) in [6.07, 6.45) is 1.72. The van der Waals surface area contributed by atoms with E-state index in [1.54, 1.807) is 4.80 Å². The van der Waals surface area contributed by atoms with E-state index in [-0.39, 0.29) is 24.4 Å². The Hall–Kier alpha value is -1.72. The zero-order chi connectivity index (χ0) is 12.4. The van der Waals surface area contributed by atoms with Crippen molar-refractivity contribution in [1.29, 1.82) is 0 Å². The molecule has 2 saturated heterocycles. The minimum absolute atomic E-state index is 0.143. The van der Waals surface area contributed by atoms with E-state index < -0.39 is 0 Å². The molecule has 3 aliphatic rings. The van der Waals surface area contributed by atoms with Crippen LogP contribution in [0.2, 0.25) is 0 Å². The maximum atomic E-state index is 5.59. The molecular formula is C14H13N3O2. The number of aryl methyl sites for hydroxylation is 2. The molecule has 2 aliphatic heterocycles. The summed E-state index contributed by atoms with van der Waals surface area (Å²) in [4.78, 5) is 1.79. The zero-order valence-corrected chi connectivity index (χ0v) is 10.3. The van der Waals surface area contributed by atoms with Gasteiger partial charge in [0.25, 0.3) is 0 Å². The summed E-state index contributed by atoms with van der Waals surface area (Å²) in [5.74, 6) is 0. The molecule has 4 atom stereocenters. The number of rotatable bonds is 3. The summed E-state index contributed by atoms with van der Waals surface area (Å²) in [6.45, 7) is 0.797. The highest BCUT2D eigenvalue weighted by atomic mass is 16.7. The van der Waals surface area contributed by atoms with E-state index in [1.807, 2.05) is 6.07 Å². The third-order valence-corrected chi connectivity index (χ3v) is 4.07. The van der Waals surface area contributed by atoms with Gasteiger partial charge in [0.1, 0.15) is 35.8 Å². The SMILES string of the molecule is c1ccc(CCn2nc3c(n2)[C@H]2O[C@H]2C2O[C@H]32)cc1. The van der Waals surface area contributed by atoms with Crippen molar-refractivity contribution in [3.63, 3.8) is 0 Å². The number of benzene rings is 1. The van der Waals surface area contributed by atoms with E-state index in [1.165, 1.54) is 5.56 Å². The molecule has 1 unspecified atom stereocenters. The van der Waals surface area contributed by atoms with Crippen LogP contribution >= 0.6 is 0 Å². The van der Waals surface area contributed by atoms with Gasteiger partial charge in [0.05, 0.1) is 6.54 Å². The molecule has 5 nitrogen and oxygen atoms in total. The van der Waals surface area contributed by atoms with E-state index in [0.29, 0.717) is 0 Å². The lowest BCUT2D eigenvalue weighted by Gasteiger charge is -2.00. The largest absolute Gasteiger partial charge is 0.360 e. The van der Waals surface area contributed by atoms with Crippen LogP contribution in [0.1, 0.15) is 29.2 Å². The molecule has 1 aromatic heterocycles. The molecule has 2 fully saturated rings. The van der Waals surface area contributed by atoms with Crippen molar-refractivity contribution in [2.24, 2.45) is 0 Å². The van der Waals surface area contributed by atoms with E-state index in [4.69, 9.17) is 9.47 Å². The molecule has 1 aromatic carbocycles. The Balaban J connectivity index is 1.38. The standard InChI is InChI=1S/C14H13N3O2/c1-2-4-8(5-3-1)6-7-17-15-9-10(16-17)12-14(19-12)13-11(9)18-13/h1-5,11-14H,6-7H2/t11-,12-,13-,14?/m1/s1. The lowest BCUT2D eigenvalue weighted by atomic mass is 10.0. The molecule has 19 heavy (non-hydrogen) atoms. The van der Waals surface area contributed by atoms with Crippen molar-refractivity contribution in [3.05, 3.63) is 47.3 Å². The van der Waals surface area contributed by atoms with Gasteiger partial charge >= 0.3 is 0 Å². The topological polar surface area (TPSA) is 55.8 Å². The molecular weight excluding hydrogens is 242 g/mol. The Morgan fingerprint density at radius 2 is 1.58 bits per heavy atom. The Labute approximate surface area is 110 Å².